The Morgan fingerprint density at radius 3 is 2.58 bits per heavy atom. The lowest BCUT2D eigenvalue weighted by Gasteiger charge is -2.14. The zero-order valence-corrected chi connectivity index (χ0v) is 14.0. The highest BCUT2D eigenvalue weighted by Gasteiger charge is 2.16. The van der Waals surface area contributed by atoms with Gasteiger partial charge in [0.05, 0.1) is 10.7 Å². The van der Waals surface area contributed by atoms with Gasteiger partial charge in [0.25, 0.3) is 0 Å². The van der Waals surface area contributed by atoms with Gasteiger partial charge < -0.3 is 11.1 Å². The highest BCUT2D eigenvalue weighted by molar-refractivity contribution is 7.09. The Morgan fingerprint density at radius 2 is 2.11 bits per heavy atom. The fourth-order valence-electron chi connectivity index (χ4n) is 1.34. The van der Waals surface area contributed by atoms with E-state index in [0.717, 1.165) is 23.5 Å². The molecule has 3 N–H and O–H groups in total. The van der Waals surface area contributed by atoms with Gasteiger partial charge in [0, 0.05) is 30.3 Å². The minimum Gasteiger partial charge on any atom is -0.355 e. The van der Waals surface area contributed by atoms with Gasteiger partial charge in [0.15, 0.2) is 0 Å². The second-order valence-corrected chi connectivity index (χ2v) is 5.22. The molecule has 0 aliphatic carbocycles. The number of carbonyl (C=O) groups excluding carboxylic acids is 1. The maximum atomic E-state index is 11.6. The molecule has 1 rings (SSSR count). The van der Waals surface area contributed by atoms with Gasteiger partial charge in [-0.25, -0.2) is 4.98 Å². The molecule has 19 heavy (non-hydrogen) atoms. The van der Waals surface area contributed by atoms with Crippen LogP contribution in [0.15, 0.2) is 5.38 Å². The second kappa shape index (κ2) is 10.4. The Hall–Kier alpha value is -0.360. The van der Waals surface area contributed by atoms with Gasteiger partial charge in [-0.2, -0.15) is 0 Å². The molecule has 0 saturated heterocycles. The lowest BCUT2D eigenvalue weighted by Crippen LogP contribution is -2.39. The summed E-state index contributed by atoms with van der Waals surface area (Å²) in [6.07, 6.45) is 1.76. The highest BCUT2D eigenvalue weighted by Crippen LogP contribution is 2.10. The third-order valence-corrected chi connectivity index (χ3v) is 3.83. The van der Waals surface area contributed by atoms with Crippen molar-refractivity contribution in [2.45, 2.75) is 39.7 Å². The van der Waals surface area contributed by atoms with Crippen LogP contribution in [0.1, 0.15) is 31.5 Å². The van der Waals surface area contributed by atoms with Gasteiger partial charge in [-0.3, -0.25) is 4.79 Å². The van der Waals surface area contributed by atoms with Crippen LogP contribution in [0.2, 0.25) is 0 Å². The van der Waals surface area contributed by atoms with E-state index in [1.165, 1.54) is 0 Å². The van der Waals surface area contributed by atoms with Crippen molar-refractivity contribution in [2.75, 3.05) is 6.54 Å². The Kier molecular flexibility index (Phi) is 11.5. The molecule has 1 aromatic rings. The molecule has 0 spiro atoms. The van der Waals surface area contributed by atoms with E-state index in [1.807, 2.05) is 13.8 Å². The van der Waals surface area contributed by atoms with E-state index < -0.39 is 0 Å². The molecule has 0 radical (unpaired) electrons. The van der Waals surface area contributed by atoms with Crippen molar-refractivity contribution < 1.29 is 4.79 Å². The molecule has 0 bridgehead atoms. The van der Waals surface area contributed by atoms with Crippen LogP contribution in [0.3, 0.4) is 0 Å². The van der Waals surface area contributed by atoms with Crippen LogP contribution in [0, 0.1) is 5.92 Å². The zero-order chi connectivity index (χ0) is 12.8. The average Bonchev–Trinajstić information content (AvgIpc) is 2.75. The lowest BCUT2D eigenvalue weighted by atomic mass is 10.0. The monoisotopic (exact) mass is 327 g/mol. The van der Waals surface area contributed by atoms with E-state index >= 15 is 0 Å². The number of thiazole rings is 1. The highest BCUT2D eigenvalue weighted by atomic mass is 35.5. The smallest absolute Gasteiger partial charge is 0.224 e. The molecular formula is C12H23Cl2N3OS. The summed E-state index contributed by atoms with van der Waals surface area (Å²) in [5.41, 5.74) is 6.73. The quantitative estimate of drug-likeness (QED) is 0.841. The Labute approximate surface area is 131 Å². The Morgan fingerprint density at radius 1 is 1.47 bits per heavy atom. The van der Waals surface area contributed by atoms with Crippen LogP contribution in [0.4, 0.5) is 0 Å². The second-order valence-electron chi connectivity index (χ2n) is 4.27. The number of halogens is 2. The van der Waals surface area contributed by atoms with Crippen LogP contribution >= 0.6 is 36.2 Å². The molecule has 2 atom stereocenters. The van der Waals surface area contributed by atoms with Crippen molar-refractivity contribution in [2.24, 2.45) is 11.7 Å². The standard InChI is InChI=1S/C12H21N3OS.2ClH/c1-4-11-15-10(7-17-11)5-6-14-12(16)8(2)9(3)13;;/h7-9H,4-6,13H2,1-3H3,(H,14,16);2*1H. The number of aryl methyl sites for hydroxylation is 1. The topological polar surface area (TPSA) is 68.0 Å². The van der Waals surface area contributed by atoms with Gasteiger partial charge in [0.2, 0.25) is 5.91 Å². The van der Waals surface area contributed by atoms with E-state index in [2.05, 4.69) is 22.6 Å². The molecule has 2 unspecified atom stereocenters. The molecule has 0 saturated carbocycles. The lowest BCUT2D eigenvalue weighted by molar-refractivity contribution is -0.124. The number of nitrogens with two attached hydrogens (primary N) is 1. The fourth-order valence-corrected chi connectivity index (χ4v) is 2.12. The summed E-state index contributed by atoms with van der Waals surface area (Å²) in [4.78, 5) is 16.1. The van der Waals surface area contributed by atoms with Crippen molar-refractivity contribution in [3.05, 3.63) is 16.1 Å². The molecule has 112 valence electrons. The number of aromatic nitrogens is 1. The Bertz CT molecular complexity index is 372. The summed E-state index contributed by atoms with van der Waals surface area (Å²) in [5.74, 6) is -0.123. The predicted octanol–water partition coefficient (Wildman–Crippen LogP) is 2.19. The third kappa shape index (κ3) is 7.11. The van der Waals surface area contributed by atoms with Crippen LogP contribution in [0.5, 0.6) is 0 Å². The molecule has 0 aliphatic heterocycles. The SMILES string of the molecule is CCc1nc(CCNC(=O)C(C)C(C)N)cs1.Cl.Cl. The fraction of sp³-hybridized carbons (Fsp3) is 0.667. The first-order valence-corrected chi connectivity index (χ1v) is 6.89. The average molecular weight is 328 g/mol. The molecule has 0 aliphatic rings. The van der Waals surface area contributed by atoms with Gasteiger partial charge in [-0.15, -0.1) is 36.2 Å². The van der Waals surface area contributed by atoms with Crippen LogP contribution in [-0.4, -0.2) is 23.5 Å². The van der Waals surface area contributed by atoms with E-state index in [0.29, 0.717) is 6.54 Å². The van der Waals surface area contributed by atoms with E-state index in [9.17, 15) is 4.79 Å². The molecule has 1 heterocycles. The summed E-state index contributed by atoms with van der Waals surface area (Å²) < 4.78 is 0. The minimum atomic E-state index is -0.142. The van der Waals surface area contributed by atoms with Crippen molar-refractivity contribution in [3.63, 3.8) is 0 Å². The maximum Gasteiger partial charge on any atom is 0.224 e. The van der Waals surface area contributed by atoms with Gasteiger partial charge >= 0.3 is 0 Å². The largest absolute Gasteiger partial charge is 0.355 e. The van der Waals surface area contributed by atoms with Crippen molar-refractivity contribution in [3.8, 4) is 0 Å². The summed E-state index contributed by atoms with van der Waals surface area (Å²) >= 11 is 1.68. The summed E-state index contributed by atoms with van der Waals surface area (Å²) in [6.45, 7) is 6.41. The van der Waals surface area contributed by atoms with E-state index in [1.54, 1.807) is 11.3 Å². The number of hydrogen-bond donors (Lipinski definition) is 2. The zero-order valence-electron chi connectivity index (χ0n) is 11.5. The van der Waals surface area contributed by atoms with Crippen molar-refractivity contribution in [1.82, 2.24) is 10.3 Å². The van der Waals surface area contributed by atoms with Crippen LogP contribution < -0.4 is 11.1 Å². The minimum absolute atomic E-state index is 0. The number of nitrogens with one attached hydrogen (secondary N) is 1. The van der Waals surface area contributed by atoms with E-state index in [-0.39, 0.29) is 42.7 Å². The van der Waals surface area contributed by atoms with Gasteiger partial charge in [0.1, 0.15) is 0 Å². The van der Waals surface area contributed by atoms with Crippen LogP contribution in [-0.2, 0) is 17.6 Å². The molecule has 7 heteroatoms. The first-order chi connectivity index (χ1) is 8.04. The maximum absolute atomic E-state index is 11.6. The number of amides is 1. The van der Waals surface area contributed by atoms with Crippen molar-refractivity contribution >= 4 is 42.1 Å². The first-order valence-electron chi connectivity index (χ1n) is 6.01. The summed E-state index contributed by atoms with van der Waals surface area (Å²) in [5, 5.41) is 6.09. The summed E-state index contributed by atoms with van der Waals surface area (Å²) in [6, 6.07) is -0.110. The molecule has 0 fully saturated rings. The van der Waals surface area contributed by atoms with Crippen molar-refractivity contribution in [1.29, 1.82) is 0 Å². The summed E-state index contributed by atoms with van der Waals surface area (Å²) in [7, 11) is 0. The number of hydrogen-bond acceptors (Lipinski definition) is 4. The van der Waals surface area contributed by atoms with Gasteiger partial charge in [-0.1, -0.05) is 13.8 Å². The van der Waals surface area contributed by atoms with E-state index in [4.69, 9.17) is 5.73 Å². The molecule has 0 aromatic carbocycles. The third-order valence-electron chi connectivity index (χ3n) is 2.78. The normalized spacial score (nSPS) is 12.8. The molecule has 4 nitrogen and oxygen atoms in total. The predicted molar refractivity (Wildman–Crippen MR) is 85.5 cm³/mol. The molecule has 1 aromatic heterocycles. The first kappa shape index (κ1) is 20.9. The number of nitrogens with zero attached hydrogens (tertiary/aromatic N) is 1. The van der Waals surface area contributed by atoms with Gasteiger partial charge in [-0.05, 0) is 13.3 Å². The molecule has 1 amide bonds. The number of rotatable bonds is 6. The molecular weight excluding hydrogens is 305 g/mol. The Balaban J connectivity index is 0. The number of carbonyl (C=O) groups is 1. The van der Waals surface area contributed by atoms with Crippen LogP contribution in [0.25, 0.3) is 0 Å².